The van der Waals surface area contributed by atoms with Gasteiger partial charge in [-0.05, 0) is 31.9 Å². The van der Waals surface area contributed by atoms with Gasteiger partial charge in [-0.3, -0.25) is 4.98 Å². The number of anilines is 1. The molecule has 0 aliphatic rings. The van der Waals surface area contributed by atoms with Gasteiger partial charge in [0.15, 0.2) is 0 Å². The summed E-state index contributed by atoms with van der Waals surface area (Å²) in [5.41, 5.74) is 9.92. The van der Waals surface area contributed by atoms with E-state index < -0.39 is 0 Å². The molecule has 0 aliphatic carbocycles. The van der Waals surface area contributed by atoms with E-state index in [9.17, 15) is 0 Å². The maximum atomic E-state index is 5.98. The first-order valence-corrected chi connectivity index (χ1v) is 5.28. The summed E-state index contributed by atoms with van der Waals surface area (Å²) < 4.78 is 2.06. The van der Waals surface area contributed by atoms with Crippen molar-refractivity contribution in [3.63, 3.8) is 0 Å². The Labute approximate surface area is 95.1 Å². The van der Waals surface area contributed by atoms with Crippen LogP contribution in [0.4, 0.5) is 5.69 Å². The number of hydrogen-bond donors (Lipinski definition) is 1. The predicted molar refractivity (Wildman–Crippen MR) is 64.2 cm³/mol. The molecule has 2 heterocycles. The minimum absolute atomic E-state index is 0.724. The monoisotopic (exact) mass is 216 g/mol. The molecule has 0 aromatic carbocycles. The maximum absolute atomic E-state index is 5.98. The third-order valence-electron chi connectivity index (χ3n) is 2.92. The van der Waals surface area contributed by atoms with Crippen LogP contribution in [0.15, 0.2) is 18.6 Å². The van der Waals surface area contributed by atoms with Gasteiger partial charge in [0.1, 0.15) is 5.82 Å². The van der Waals surface area contributed by atoms with Crippen LogP contribution in [0.2, 0.25) is 0 Å². The molecule has 0 bridgehead atoms. The second kappa shape index (κ2) is 3.96. The van der Waals surface area contributed by atoms with E-state index in [0.29, 0.717) is 0 Å². The number of nitrogen functional groups attached to an aromatic ring is 1. The molecule has 0 saturated carbocycles. The topological polar surface area (TPSA) is 56.7 Å². The van der Waals surface area contributed by atoms with Gasteiger partial charge in [-0.25, -0.2) is 4.98 Å². The summed E-state index contributed by atoms with van der Waals surface area (Å²) in [7, 11) is 0. The molecule has 0 amide bonds. The summed E-state index contributed by atoms with van der Waals surface area (Å²) in [6.45, 7) is 6.69. The van der Waals surface area contributed by atoms with Crippen molar-refractivity contribution in [2.45, 2.75) is 27.3 Å². The molecule has 2 rings (SSSR count). The number of nitrogens with zero attached hydrogens (tertiary/aromatic N) is 3. The number of rotatable bonds is 2. The van der Waals surface area contributed by atoms with Crippen LogP contribution in [0, 0.1) is 20.8 Å². The molecule has 2 aromatic heterocycles. The van der Waals surface area contributed by atoms with Crippen molar-refractivity contribution in [2.75, 3.05) is 5.73 Å². The van der Waals surface area contributed by atoms with Crippen molar-refractivity contribution < 1.29 is 0 Å². The molecule has 0 unspecified atom stereocenters. The minimum Gasteiger partial charge on any atom is -0.398 e. The normalized spacial score (nSPS) is 10.7. The Morgan fingerprint density at radius 1 is 1.25 bits per heavy atom. The van der Waals surface area contributed by atoms with Crippen LogP contribution in [0.1, 0.15) is 22.6 Å². The van der Waals surface area contributed by atoms with E-state index in [1.165, 1.54) is 0 Å². The van der Waals surface area contributed by atoms with Crippen LogP contribution >= 0.6 is 0 Å². The average molecular weight is 216 g/mol. The third kappa shape index (κ3) is 1.78. The smallest absolute Gasteiger partial charge is 0.105 e. The quantitative estimate of drug-likeness (QED) is 0.833. The summed E-state index contributed by atoms with van der Waals surface area (Å²) in [6, 6.07) is 0. The van der Waals surface area contributed by atoms with E-state index in [1.807, 2.05) is 33.2 Å². The first-order chi connectivity index (χ1) is 7.59. The zero-order valence-electron chi connectivity index (χ0n) is 9.86. The van der Waals surface area contributed by atoms with Gasteiger partial charge in [-0.2, -0.15) is 0 Å². The molecule has 0 saturated heterocycles. The van der Waals surface area contributed by atoms with E-state index in [0.717, 1.165) is 34.9 Å². The molecule has 0 atom stereocenters. The molecule has 4 heteroatoms. The lowest BCUT2D eigenvalue weighted by Gasteiger charge is -2.11. The van der Waals surface area contributed by atoms with E-state index >= 15 is 0 Å². The molecule has 0 spiro atoms. The number of imidazole rings is 1. The zero-order chi connectivity index (χ0) is 11.7. The van der Waals surface area contributed by atoms with Gasteiger partial charge in [-0.1, -0.05) is 0 Å². The van der Waals surface area contributed by atoms with Crippen molar-refractivity contribution in [1.82, 2.24) is 14.5 Å². The van der Waals surface area contributed by atoms with Crippen molar-refractivity contribution in [3.8, 4) is 0 Å². The van der Waals surface area contributed by atoms with Crippen LogP contribution in [0.25, 0.3) is 0 Å². The number of pyridine rings is 1. The Morgan fingerprint density at radius 3 is 2.62 bits per heavy atom. The van der Waals surface area contributed by atoms with Crippen molar-refractivity contribution in [2.24, 2.45) is 0 Å². The number of nitrogens with two attached hydrogens (primary N) is 1. The Hall–Kier alpha value is -1.84. The van der Waals surface area contributed by atoms with Gasteiger partial charge < -0.3 is 10.3 Å². The predicted octanol–water partition coefficient (Wildman–Crippen LogP) is 1.83. The highest BCUT2D eigenvalue weighted by atomic mass is 15.1. The largest absolute Gasteiger partial charge is 0.398 e. The highest BCUT2D eigenvalue weighted by Gasteiger charge is 2.07. The molecule has 0 radical (unpaired) electrons. The Balaban J connectivity index is 2.36. The van der Waals surface area contributed by atoms with Gasteiger partial charge in [0.2, 0.25) is 0 Å². The van der Waals surface area contributed by atoms with Crippen molar-refractivity contribution in [3.05, 3.63) is 41.2 Å². The molecule has 4 nitrogen and oxygen atoms in total. The van der Waals surface area contributed by atoms with Crippen molar-refractivity contribution in [1.29, 1.82) is 0 Å². The summed E-state index contributed by atoms with van der Waals surface area (Å²) in [6.07, 6.45) is 5.57. The number of aromatic nitrogens is 3. The Morgan fingerprint density at radius 2 is 2.00 bits per heavy atom. The van der Waals surface area contributed by atoms with Gasteiger partial charge >= 0.3 is 0 Å². The summed E-state index contributed by atoms with van der Waals surface area (Å²) in [4.78, 5) is 8.61. The van der Waals surface area contributed by atoms with Gasteiger partial charge in [-0.15, -0.1) is 0 Å². The first kappa shape index (κ1) is 10.7. The first-order valence-electron chi connectivity index (χ1n) is 5.28. The standard InChI is InChI=1S/C12H16N4/c1-8-6-15-11(9(2)12(8)13)7-16-5-4-14-10(16)3/h4-6H,7H2,1-3H3,(H2,13,15). The molecule has 16 heavy (non-hydrogen) atoms. The van der Waals surface area contributed by atoms with Crippen LogP contribution in [-0.2, 0) is 6.54 Å². The fourth-order valence-corrected chi connectivity index (χ4v) is 1.68. The van der Waals surface area contributed by atoms with Gasteiger partial charge in [0.25, 0.3) is 0 Å². The average Bonchev–Trinajstić information content (AvgIpc) is 2.65. The Bertz CT molecular complexity index is 514. The number of hydrogen-bond acceptors (Lipinski definition) is 3. The molecule has 2 N–H and O–H groups in total. The van der Waals surface area contributed by atoms with E-state index in [4.69, 9.17) is 5.73 Å². The van der Waals surface area contributed by atoms with Crippen LogP contribution in [0.3, 0.4) is 0 Å². The van der Waals surface area contributed by atoms with Crippen molar-refractivity contribution >= 4 is 5.69 Å². The second-order valence-electron chi connectivity index (χ2n) is 4.03. The highest BCUT2D eigenvalue weighted by molar-refractivity contribution is 5.53. The molecule has 84 valence electrons. The fraction of sp³-hybridized carbons (Fsp3) is 0.333. The third-order valence-corrected chi connectivity index (χ3v) is 2.92. The minimum atomic E-state index is 0.724. The van der Waals surface area contributed by atoms with Gasteiger partial charge in [0.05, 0.1) is 12.2 Å². The number of aryl methyl sites for hydroxylation is 2. The highest BCUT2D eigenvalue weighted by Crippen LogP contribution is 2.18. The van der Waals surface area contributed by atoms with E-state index in [-0.39, 0.29) is 0 Å². The second-order valence-corrected chi connectivity index (χ2v) is 4.03. The summed E-state index contributed by atoms with van der Waals surface area (Å²) >= 11 is 0. The molecule has 2 aromatic rings. The maximum Gasteiger partial charge on any atom is 0.105 e. The molecule has 0 aliphatic heterocycles. The summed E-state index contributed by atoms with van der Waals surface area (Å²) in [5.74, 6) is 0.986. The van der Waals surface area contributed by atoms with Crippen LogP contribution < -0.4 is 5.73 Å². The fourth-order valence-electron chi connectivity index (χ4n) is 1.68. The molecular weight excluding hydrogens is 200 g/mol. The van der Waals surface area contributed by atoms with E-state index in [1.54, 1.807) is 6.20 Å². The molecule has 0 fully saturated rings. The lowest BCUT2D eigenvalue weighted by molar-refractivity contribution is 0.737. The van der Waals surface area contributed by atoms with Gasteiger partial charge in [0, 0.05) is 24.3 Å². The Kier molecular flexibility index (Phi) is 2.64. The van der Waals surface area contributed by atoms with E-state index in [2.05, 4.69) is 14.5 Å². The SMILES string of the molecule is Cc1cnc(Cn2ccnc2C)c(C)c1N. The molecular formula is C12H16N4. The lowest BCUT2D eigenvalue weighted by Crippen LogP contribution is -2.07. The van der Waals surface area contributed by atoms with Crippen LogP contribution in [-0.4, -0.2) is 14.5 Å². The van der Waals surface area contributed by atoms with Crippen LogP contribution in [0.5, 0.6) is 0 Å². The summed E-state index contributed by atoms with van der Waals surface area (Å²) in [5, 5.41) is 0. The lowest BCUT2D eigenvalue weighted by atomic mass is 10.1. The zero-order valence-corrected chi connectivity index (χ0v) is 9.86.